The van der Waals surface area contributed by atoms with Crippen LogP contribution >= 0.6 is 0 Å². The molecular weight excluding hydrogens is 332 g/mol. The molecule has 0 fully saturated rings. The van der Waals surface area contributed by atoms with Crippen molar-refractivity contribution in [1.82, 2.24) is 0 Å². The van der Waals surface area contributed by atoms with Gasteiger partial charge in [-0.3, -0.25) is 4.79 Å². The summed E-state index contributed by atoms with van der Waals surface area (Å²) in [7, 11) is 0. The van der Waals surface area contributed by atoms with E-state index in [1.807, 2.05) is 99.6 Å². The van der Waals surface area contributed by atoms with E-state index in [1.165, 1.54) is 6.08 Å². The van der Waals surface area contributed by atoms with Crippen molar-refractivity contribution in [2.45, 2.75) is 20.8 Å². The van der Waals surface area contributed by atoms with Crippen molar-refractivity contribution in [1.29, 1.82) is 0 Å². The van der Waals surface area contributed by atoms with E-state index < -0.39 is 5.41 Å². The lowest BCUT2D eigenvalue weighted by Gasteiger charge is -2.17. The van der Waals surface area contributed by atoms with Gasteiger partial charge in [0.1, 0.15) is 5.76 Å². The fraction of sp³-hybridized carbons (Fsp3) is 0.160. The molecule has 2 heteroatoms. The second-order valence-electron chi connectivity index (χ2n) is 7.60. The first kappa shape index (κ1) is 18.7. The van der Waals surface area contributed by atoms with E-state index in [4.69, 9.17) is 0 Å². The Morgan fingerprint density at radius 3 is 1.59 bits per heavy atom. The van der Waals surface area contributed by atoms with Crippen molar-refractivity contribution in [3.8, 4) is 22.3 Å². The Morgan fingerprint density at radius 1 is 0.741 bits per heavy atom. The van der Waals surface area contributed by atoms with Gasteiger partial charge in [0.05, 0.1) is 0 Å². The van der Waals surface area contributed by atoms with E-state index in [1.54, 1.807) is 0 Å². The lowest BCUT2D eigenvalue weighted by molar-refractivity contribution is -0.121. The molecule has 0 aliphatic rings. The minimum Gasteiger partial charge on any atom is -0.507 e. The molecule has 0 heterocycles. The van der Waals surface area contributed by atoms with Gasteiger partial charge < -0.3 is 5.11 Å². The predicted octanol–water partition coefficient (Wildman–Crippen LogP) is 6.53. The molecule has 27 heavy (non-hydrogen) atoms. The second-order valence-corrected chi connectivity index (χ2v) is 7.60. The third-order valence-electron chi connectivity index (χ3n) is 4.50. The van der Waals surface area contributed by atoms with Crippen LogP contribution in [0.15, 0.2) is 84.9 Å². The number of hydrogen-bond donors (Lipinski definition) is 1. The van der Waals surface area contributed by atoms with E-state index in [0.29, 0.717) is 5.56 Å². The fourth-order valence-corrected chi connectivity index (χ4v) is 2.96. The molecule has 136 valence electrons. The molecule has 0 unspecified atom stereocenters. The van der Waals surface area contributed by atoms with Crippen molar-refractivity contribution in [2.75, 3.05) is 0 Å². The van der Waals surface area contributed by atoms with Crippen LogP contribution < -0.4 is 0 Å². The topological polar surface area (TPSA) is 37.3 Å². The Hall–Kier alpha value is -3.13. The van der Waals surface area contributed by atoms with Crippen LogP contribution in [-0.2, 0) is 4.79 Å². The number of allylic oxidation sites excluding steroid dienone is 1. The van der Waals surface area contributed by atoms with Crippen LogP contribution in [0.3, 0.4) is 0 Å². The summed E-state index contributed by atoms with van der Waals surface area (Å²) in [6.07, 6.45) is 1.36. The van der Waals surface area contributed by atoms with Crippen LogP contribution in [0.5, 0.6) is 0 Å². The summed E-state index contributed by atoms with van der Waals surface area (Å²) in [6.45, 7) is 5.54. The van der Waals surface area contributed by atoms with Crippen molar-refractivity contribution in [2.24, 2.45) is 5.41 Å². The van der Waals surface area contributed by atoms with Crippen LogP contribution in [-0.4, -0.2) is 10.9 Å². The minimum atomic E-state index is -0.553. The quantitative estimate of drug-likeness (QED) is 0.426. The molecule has 0 radical (unpaired) electrons. The summed E-state index contributed by atoms with van der Waals surface area (Å²) in [5.74, 6) is -0.116. The minimum absolute atomic E-state index is 0.00627. The number of carbonyl (C=O) groups excluding carboxylic acids is 1. The SMILES string of the molecule is CC(C)(C)C(=O)C=C(O)c1c(-c2ccccc2)cccc1-c1ccccc1. The lowest BCUT2D eigenvalue weighted by Crippen LogP contribution is -2.18. The van der Waals surface area contributed by atoms with Crippen LogP contribution in [0.4, 0.5) is 0 Å². The van der Waals surface area contributed by atoms with Gasteiger partial charge in [0.15, 0.2) is 5.78 Å². The molecule has 0 saturated heterocycles. The van der Waals surface area contributed by atoms with E-state index in [2.05, 4.69) is 0 Å². The Balaban J connectivity index is 2.25. The van der Waals surface area contributed by atoms with Gasteiger partial charge in [-0.25, -0.2) is 0 Å². The fourth-order valence-electron chi connectivity index (χ4n) is 2.96. The van der Waals surface area contributed by atoms with Crippen molar-refractivity contribution in [3.63, 3.8) is 0 Å². The molecule has 3 aromatic rings. The zero-order chi connectivity index (χ0) is 19.4. The first-order valence-electron chi connectivity index (χ1n) is 9.07. The van der Waals surface area contributed by atoms with Crippen LogP contribution in [0.2, 0.25) is 0 Å². The largest absolute Gasteiger partial charge is 0.507 e. The highest BCUT2D eigenvalue weighted by Crippen LogP contribution is 2.36. The van der Waals surface area contributed by atoms with Gasteiger partial charge in [-0.2, -0.15) is 0 Å². The van der Waals surface area contributed by atoms with E-state index in [-0.39, 0.29) is 11.5 Å². The molecule has 0 aliphatic heterocycles. The summed E-state index contributed by atoms with van der Waals surface area (Å²) >= 11 is 0. The second kappa shape index (κ2) is 7.63. The highest BCUT2D eigenvalue weighted by atomic mass is 16.3. The summed E-state index contributed by atoms with van der Waals surface area (Å²) in [5, 5.41) is 11.0. The predicted molar refractivity (Wildman–Crippen MR) is 112 cm³/mol. The number of aliphatic hydroxyl groups is 1. The maximum Gasteiger partial charge on any atom is 0.164 e. The summed E-state index contributed by atoms with van der Waals surface area (Å²) in [5.41, 5.74) is 3.90. The standard InChI is InChI=1S/C25H24O2/c1-25(2,3)23(27)17-22(26)24-20(18-11-6-4-7-12-18)15-10-16-21(24)19-13-8-5-9-14-19/h4-17,26H,1-3H3. The average molecular weight is 356 g/mol. The van der Waals surface area contributed by atoms with Gasteiger partial charge in [-0.15, -0.1) is 0 Å². The van der Waals surface area contributed by atoms with E-state index >= 15 is 0 Å². The molecule has 0 amide bonds. The number of hydrogen-bond acceptors (Lipinski definition) is 2. The van der Waals surface area contributed by atoms with Crippen molar-refractivity contribution < 1.29 is 9.90 Å². The molecule has 0 atom stereocenters. The molecule has 0 aromatic heterocycles. The van der Waals surface area contributed by atoms with Gasteiger partial charge >= 0.3 is 0 Å². The zero-order valence-corrected chi connectivity index (χ0v) is 15.9. The molecule has 3 aromatic carbocycles. The third kappa shape index (κ3) is 4.17. The number of benzene rings is 3. The van der Waals surface area contributed by atoms with Gasteiger partial charge in [-0.1, -0.05) is 99.6 Å². The normalized spacial score (nSPS) is 12.0. The molecule has 2 nitrogen and oxygen atoms in total. The Bertz CT molecular complexity index is 904. The molecule has 1 N–H and O–H groups in total. The molecule has 0 spiro atoms. The molecule has 0 aliphatic carbocycles. The summed E-state index contributed by atoms with van der Waals surface area (Å²) in [6, 6.07) is 25.7. The zero-order valence-electron chi connectivity index (χ0n) is 15.9. The molecular formula is C25H24O2. The maximum atomic E-state index is 12.5. The lowest BCUT2D eigenvalue weighted by atomic mass is 9.87. The third-order valence-corrected chi connectivity index (χ3v) is 4.50. The smallest absolute Gasteiger partial charge is 0.164 e. The van der Waals surface area contributed by atoms with Crippen LogP contribution in [0.25, 0.3) is 28.0 Å². The number of carbonyl (C=O) groups is 1. The Labute approximate surface area is 160 Å². The average Bonchev–Trinajstić information content (AvgIpc) is 2.68. The highest BCUT2D eigenvalue weighted by molar-refractivity contribution is 6.01. The van der Waals surface area contributed by atoms with Gasteiger partial charge in [0.25, 0.3) is 0 Å². The summed E-state index contributed by atoms with van der Waals surface area (Å²) in [4.78, 5) is 12.5. The van der Waals surface area contributed by atoms with Crippen LogP contribution in [0, 0.1) is 5.41 Å². The van der Waals surface area contributed by atoms with Crippen molar-refractivity contribution >= 4 is 11.5 Å². The maximum absolute atomic E-state index is 12.5. The molecule has 0 bridgehead atoms. The highest BCUT2D eigenvalue weighted by Gasteiger charge is 2.22. The van der Waals surface area contributed by atoms with Gasteiger partial charge in [0, 0.05) is 17.1 Å². The van der Waals surface area contributed by atoms with Crippen LogP contribution in [0.1, 0.15) is 26.3 Å². The van der Waals surface area contributed by atoms with Crippen molar-refractivity contribution in [3.05, 3.63) is 90.5 Å². The number of ketones is 1. The Morgan fingerprint density at radius 2 is 1.19 bits per heavy atom. The first-order chi connectivity index (χ1) is 12.9. The van der Waals surface area contributed by atoms with E-state index in [9.17, 15) is 9.90 Å². The number of rotatable bonds is 4. The summed E-state index contributed by atoms with van der Waals surface area (Å²) < 4.78 is 0. The molecule has 3 rings (SSSR count). The molecule has 0 saturated carbocycles. The number of aliphatic hydroxyl groups excluding tert-OH is 1. The van der Waals surface area contributed by atoms with E-state index in [0.717, 1.165) is 22.3 Å². The van der Waals surface area contributed by atoms with Gasteiger partial charge in [-0.05, 0) is 22.3 Å². The monoisotopic (exact) mass is 356 g/mol. The van der Waals surface area contributed by atoms with Gasteiger partial charge in [0.2, 0.25) is 0 Å². The Kier molecular flexibility index (Phi) is 5.27. The first-order valence-corrected chi connectivity index (χ1v) is 9.07.